The molecule has 2 atom stereocenters. The number of aromatic nitrogens is 2. The number of carbonyl (C=O) groups excluding carboxylic acids is 1. The molecule has 1 amide bonds. The summed E-state index contributed by atoms with van der Waals surface area (Å²) in [5.74, 6) is -1.74. The standard InChI is InChI=1S/C14H21N3O4/c1-8-10(9(2)17(3)16-8)4-5-13(18)15-12-7-21-6-11(12)14(19)20/h11-12H,4-7H2,1-3H3,(H,15,18)(H,19,20). The summed E-state index contributed by atoms with van der Waals surface area (Å²) in [5.41, 5.74) is 3.05. The van der Waals surface area contributed by atoms with Gasteiger partial charge in [0.05, 0.1) is 24.9 Å². The Morgan fingerprint density at radius 2 is 2.14 bits per heavy atom. The molecular formula is C14H21N3O4. The summed E-state index contributed by atoms with van der Waals surface area (Å²) in [6.45, 7) is 4.30. The SMILES string of the molecule is Cc1nn(C)c(C)c1CCC(=O)NC1COCC1C(=O)O. The number of ether oxygens (including phenoxy) is 1. The highest BCUT2D eigenvalue weighted by molar-refractivity contribution is 5.78. The highest BCUT2D eigenvalue weighted by atomic mass is 16.5. The van der Waals surface area contributed by atoms with Crippen molar-refractivity contribution in [2.45, 2.75) is 32.7 Å². The molecule has 7 heteroatoms. The molecule has 2 N–H and O–H groups in total. The Morgan fingerprint density at radius 1 is 1.43 bits per heavy atom. The third kappa shape index (κ3) is 3.41. The molecule has 2 rings (SSSR count). The molecule has 116 valence electrons. The lowest BCUT2D eigenvalue weighted by molar-refractivity contribution is -0.142. The van der Waals surface area contributed by atoms with Gasteiger partial charge in [-0.3, -0.25) is 14.3 Å². The van der Waals surface area contributed by atoms with Gasteiger partial charge < -0.3 is 15.2 Å². The van der Waals surface area contributed by atoms with Crippen molar-refractivity contribution in [3.05, 3.63) is 17.0 Å². The highest BCUT2D eigenvalue weighted by Crippen LogP contribution is 2.16. The van der Waals surface area contributed by atoms with Gasteiger partial charge in [0.2, 0.25) is 5.91 Å². The van der Waals surface area contributed by atoms with E-state index in [9.17, 15) is 9.59 Å². The number of nitrogens with one attached hydrogen (secondary N) is 1. The lowest BCUT2D eigenvalue weighted by atomic mass is 10.0. The van der Waals surface area contributed by atoms with Gasteiger partial charge in [0, 0.05) is 19.2 Å². The van der Waals surface area contributed by atoms with Crippen LogP contribution in [0, 0.1) is 19.8 Å². The van der Waals surface area contributed by atoms with E-state index in [0.29, 0.717) is 12.8 Å². The van der Waals surface area contributed by atoms with E-state index in [1.165, 1.54) is 0 Å². The average Bonchev–Trinajstić information content (AvgIpc) is 2.94. The molecule has 1 fully saturated rings. The van der Waals surface area contributed by atoms with Crippen LogP contribution in [0.1, 0.15) is 23.4 Å². The van der Waals surface area contributed by atoms with Crippen LogP contribution in [0.4, 0.5) is 0 Å². The molecule has 0 aromatic carbocycles. The summed E-state index contributed by atoms with van der Waals surface area (Å²) in [5, 5.41) is 16.1. The number of aryl methyl sites for hydroxylation is 2. The Morgan fingerprint density at radius 3 is 2.71 bits per heavy atom. The minimum absolute atomic E-state index is 0.153. The van der Waals surface area contributed by atoms with Crippen LogP contribution in [0.2, 0.25) is 0 Å². The normalized spacial score (nSPS) is 21.5. The monoisotopic (exact) mass is 295 g/mol. The Kier molecular flexibility index (Phi) is 4.62. The van der Waals surface area contributed by atoms with E-state index in [2.05, 4.69) is 10.4 Å². The summed E-state index contributed by atoms with van der Waals surface area (Å²) < 4.78 is 6.93. The summed E-state index contributed by atoms with van der Waals surface area (Å²) in [6.07, 6.45) is 0.916. The first-order valence-electron chi connectivity index (χ1n) is 6.99. The maximum absolute atomic E-state index is 12.0. The summed E-state index contributed by atoms with van der Waals surface area (Å²) in [6, 6.07) is -0.439. The van der Waals surface area contributed by atoms with Crippen LogP contribution in [-0.4, -0.2) is 46.0 Å². The van der Waals surface area contributed by atoms with Crippen LogP contribution >= 0.6 is 0 Å². The zero-order chi connectivity index (χ0) is 15.6. The summed E-state index contributed by atoms with van der Waals surface area (Å²) in [4.78, 5) is 23.0. The van der Waals surface area contributed by atoms with E-state index in [1.807, 2.05) is 20.9 Å². The number of aliphatic carboxylic acids is 1. The largest absolute Gasteiger partial charge is 0.481 e. The number of amides is 1. The molecule has 1 aromatic rings. The van der Waals surface area contributed by atoms with Gasteiger partial charge in [-0.1, -0.05) is 0 Å². The van der Waals surface area contributed by atoms with E-state index >= 15 is 0 Å². The highest BCUT2D eigenvalue weighted by Gasteiger charge is 2.34. The number of hydrogen-bond acceptors (Lipinski definition) is 4. The van der Waals surface area contributed by atoms with Gasteiger partial charge in [0.1, 0.15) is 5.92 Å². The maximum atomic E-state index is 12.0. The molecular weight excluding hydrogens is 274 g/mol. The van der Waals surface area contributed by atoms with Crippen molar-refractivity contribution in [1.29, 1.82) is 0 Å². The van der Waals surface area contributed by atoms with Crippen LogP contribution in [-0.2, 0) is 27.8 Å². The zero-order valence-electron chi connectivity index (χ0n) is 12.5. The predicted molar refractivity (Wildman–Crippen MR) is 74.9 cm³/mol. The molecule has 2 unspecified atom stereocenters. The molecule has 1 aromatic heterocycles. The summed E-state index contributed by atoms with van der Waals surface area (Å²) in [7, 11) is 1.87. The third-order valence-corrected chi connectivity index (χ3v) is 4.01. The van der Waals surface area contributed by atoms with Gasteiger partial charge in [-0.25, -0.2) is 0 Å². The number of nitrogens with zero attached hydrogens (tertiary/aromatic N) is 2. The van der Waals surface area contributed by atoms with Crippen LogP contribution < -0.4 is 5.32 Å². The van der Waals surface area contributed by atoms with E-state index in [1.54, 1.807) is 4.68 Å². The molecule has 0 saturated carbocycles. The van der Waals surface area contributed by atoms with Crippen molar-refractivity contribution in [2.75, 3.05) is 13.2 Å². The number of carboxylic acids is 1. The van der Waals surface area contributed by atoms with Crippen LogP contribution in [0.25, 0.3) is 0 Å². The molecule has 0 spiro atoms. The van der Waals surface area contributed by atoms with Crippen molar-refractivity contribution in [2.24, 2.45) is 13.0 Å². The topological polar surface area (TPSA) is 93.5 Å². The molecule has 0 aliphatic carbocycles. The Labute approximate surface area is 123 Å². The maximum Gasteiger partial charge on any atom is 0.311 e. The third-order valence-electron chi connectivity index (χ3n) is 4.01. The fourth-order valence-electron chi connectivity index (χ4n) is 2.64. The van der Waals surface area contributed by atoms with Gasteiger partial charge >= 0.3 is 5.97 Å². The minimum atomic E-state index is -0.934. The Bertz CT molecular complexity index is 553. The van der Waals surface area contributed by atoms with E-state index in [0.717, 1.165) is 17.0 Å². The van der Waals surface area contributed by atoms with Gasteiger partial charge in [0.25, 0.3) is 0 Å². The Balaban J connectivity index is 1.89. The average molecular weight is 295 g/mol. The van der Waals surface area contributed by atoms with Crippen molar-refractivity contribution < 1.29 is 19.4 Å². The van der Waals surface area contributed by atoms with Gasteiger partial charge in [-0.05, 0) is 25.8 Å². The Hall–Kier alpha value is -1.89. The molecule has 21 heavy (non-hydrogen) atoms. The smallest absolute Gasteiger partial charge is 0.311 e. The van der Waals surface area contributed by atoms with Crippen LogP contribution in [0.5, 0.6) is 0 Å². The van der Waals surface area contributed by atoms with E-state index in [4.69, 9.17) is 9.84 Å². The van der Waals surface area contributed by atoms with Crippen molar-refractivity contribution in [3.8, 4) is 0 Å². The van der Waals surface area contributed by atoms with E-state index < -0.39 is 17.9 Å². The number of hydrogen-bond donors (Lipinski definition) is 2. The molecule has 1 saturated heterocycles. The van der Waals surface area contributed by atoms with Gasteiger partial charge in [0.15, 0.2) is 0 Å². The number of rotatable bonds is 5. The first-order valence-corrected chi connectivity index (χ1v) is 6.99. The lowest BCUT2D eigenvalue weighted by Gasteiger charge is -2.15. The first-order chi connectivity index (χ1) is 9.90. The second-order valence-electron chi connectivity index (χ2n) is 5.43. The molecule has 0 bridgehead atoms. The van der Waals surface area contributed by atoms with Gasteiger partial charge in [-0.2, -0.15) is 5.10 Å². The van der Waals surface area contributed by atoms with Crippen LogP contribution in [0.15, 0.2) is 0 Å². The van der Waals surface area contributed by atoms with Crippen molar-refractivity contribution >= 4 is 11.9 Å². The molecule has 0 radical (unpaired) electrons. The zero-order valence-corrected chi connectivity index (χ0v) is 12.5. The lowest BCUT2D eigenvalue weighted by Crippen LogP contribution is -2.42. The summed E-state index contributed by atoms with van der Waals surface area (Å²) >= 11 is 0. The predicted octanol–water partition coefficient (Wildman–Crippen LogP) is 0.185. The van der Waals surface area contributed by atoms with Crippen molar-refractivity contribution in [3.63, 3.8) is 0 Å². The van der Waals surface area contributed by atoms with Crippen molar-refractivity contribution in [1.82, 2.24) is 15.1 Å². The first kappa shape index (κ1) is 15.5. The molecule has 7 nitrogen and oxygen atoms in total. The molecule has 2 heterocycles. The molecule has 1 aliphatic heterocycles. The van der Waals surface area contributed by atoms with Gasteiger partial charge in [-0.15, -0.1) is 0 Å². The van der Waals surface area contributed by atoms with Crippen LogP contribution in [0.3, 0.4) is 0 Å². The minimum Gasteiger partial charge on any atom is -0.481 e. The fraction of sp³-hybridized carbons (Fsp3) is 0.643. The second kappa shape index (κ2) is 6.26. The fourth-order valence-corrected chi connectivity index (χ4v) is 2.64. The molecule has 1 aliphatic rings. The number of carbonyl (C=O) groups is 2. The quantitative estimate of drug-likeness (QED) is 0.808. The number of carboxylic acid groups (broad SMARTS) is 1. The van der Waals surface area contributed by atoms with E-state index in [-0.39, 0.29) is 19.1 Å². The second-order valence-corrected chi connectivity index (χ2v) is 5.43.